The molecule has 134 valence electrons. The molecule has 0 radical (unpaired) electrons. The molecule has 1 aliphatic heterocycles. The van der Waals surface area contributed by atoms with Gasteiger partial charge in [0.2, 0.25) is 5.91 Å². The Labute approximate surface area is 153 Å². The van der Waals surface area contributed by atoms with Crippen LogP contribution in [-0.2, 0) is 17.9 Å². The lowest BCUT2D eigenvalue weighted by Gasteiger charge is -2.22. The first kappa shape index (κ1) is 16.7. The molecule has 1 saturated heterocycles. The van der Waals surface area contributed by atoms with E-state index in [0.717, 1.165) is 50.2 Å². The van der Waals surface area contributed by atoms with Gasteiger partial charge in [0.05, 0.1) is 5.52 Å². The lowest BCUT2D eigenvalue weighted by Crippen LogP contribution is -2.37. The molecule has 1 aliphatic rings. The molecular weight excluding hydrogens is 326 g/mol. The van der Waals surface area contributed by atoms with E-state index < -0.39 is 0 Å². The minimum absolute atomic E-state index is 0.113. The number of carbonyl (C=O) groups excluding carboxylic acids is 1. The standard InChI is InChI=1S/C20H23N5O/c26-20(16-25-19-10-5-4-9-18(19)21-22-25)24-12-6-11-23(13-14-24)15-17-7-2-1-3-8-17/h1-5,7-10H,6,11-16H2. The Morgan fingerprint density at radius 1 is 0.923 bits per heavy atom. The van der Waals surface area contributed by atoms with Crippen molar-refractivity contribution in [2.45, 2.75) is 19.5 Å². The van der Waals surface area contributed by atoms with Gasteiger partial charge >= 0.3 is 0 Å². The molecule has 1 fully saturated rings. The lowest BCUT2D eigenvalue weighted by atomic mass is 10.2. The third-order valence-corrected chi connectivity index (χ3v) is 4.90. The van der Waals surface area contributed by atoms with E-state index in [1.807, 2.05) is 35.2 Å². The number of benzene rings is 2. The fourth-order valence-corrected chi connectivity index (χ4v) is 3.48. The highest BCUT2D eigenvalue weighted by atomic mass is 16.2. The highest BCUT2D eigenvalue weighted by molar-refractivity contribution is 5.79. The van der Waals surface area contributed by atoms with E-state index in [4.69, 9.17) is 0 Å². The molecule has 1 amide bonds. The SMILES string of the molecule is O=C(Cn1nnc2ccccc21)N1CCCN(Cc2ccccc2)CC1. The predicted octanol–water partition coefficient (Wildman–Crippen LogP) is 2.17. The zero-order valence-corrected chi connectivity index (χ0v) is 14.8. The van der Waals surface area contributed by atoms with Crippen LogP contribution in [0.3, 0.4) is 0 Å². The average molecular weight is 349 g/mol. The van der Waals surface area contributed by atoms with Crippen LogP contribution < -0.4 is 0 Å². The molecule has 0 bridgehead atoms. The quantitative estimate of drug-likeness (QED) is 0.724. The van der Waals surface area contributed by atoms with Crippen LogP contribution >= 0.6 is 0 Å². The summed E-state index contributed by atoms with van der Waals surface area (Å²) in [6.45, 7) is 4.68. The molecule has 0 N–H and O–H groups in total. The van der Waals surface area contributed by atoms with Gasteiger partial charge in [0.1, 0.15) is 12.1 Å². The largest absolute Gasteiger partial charge is 0.340 e. The first-order valence-electron chi connectivity index (χ1n) is 9.12. The summed E-state index contributed by atoms with van der Waals surface area (Å²) in [5, 5.41) is 8.26. The van der Waals surface area contributed by atoms with Crippen molar-refractivity contribution in [1.29, 1.82) is 0 Å². The second-order valence-corrected chi connectivity index (χ2v) is 6.73. The van der Waals surface area contributed by atoms with Gasteiger partial charge in [-0.2, -0.15) is 0 Å². The zero-order chi connectivity index (χ0) is 17.8. The highest BCUT2D eigenvalue weighted by Crippen LogP contribution is 2.12. The molecule has 4 rings (SSSR count). The number of rotatable bonds is 4. The summed E-state index contributed by atoms with van der Waals surface area (Å²) in [4.78, 5) is 17.1. The number of aromatic nitrogens is 3. The number of hydrogen-bond donors (Lipinski definition) is 0. The maximum absolute atomic E-state index is 12.7. The van der Waals surface area contributed by atoms with Crippen LogP contribution in [-0.4, -0.2) is 56.9 Å². The summed E-state index contributed by atoms with van der Waals surface area (Å²) in [6.07, 6.45) is 0.997. The van der Waals surface area contributed by atoms with Crippen molar-refractivity contribution in [2.75, 3.05) is 26.2 Å². The fourth-order valence-electron chi connectivity index (χ4n) is 3.48. The minimum atomic E-state index is 0.113. The van der Waals surface area contributed by atoms with Crippen molar-refractivity contribution < 1.29 is 4.79 Å². The van der Waals surface area contributed by atoms with Crippen molar-refractivity contribution in [3.8, 4) is 0 Å². The van der Waals surface area contributed by atoms with E-state index in [2.05, 4.69) is 39.5 Å². The summed E-state index contributed by atoms with van der Waals surface area (Å²) in [7, 11) is 0. The fraction of sp³-hybridized carbons (Fsp3) is 0.350. The molecule has 0 atom stereocenters. The van der Waals surface area contributed by atoms with Crippen LogP contribution in [0.2, 0.25) is 0 Å². The molecule has 6 nitrogen and oxygen atoms in total. The molecule has 0 aliphatic carbocycles. The second-order valence-electron chi connectivity index (χ2n) is 6.73. The van der Waals surface area contributed by atoms with Gasteiger partial charge in [-0.1, -0.05) is 47.7 Å². The summed E-state index contributed by atoms with van der Waals surface area (Å²) >= 11 is 0. The first-order chi connectivity index (χ1) is 12.8. The van der Waals surface area contributed by atoms with Gasteiger partial charge in [0.15, 0.2) is 0 Å². The molecule has 1 aromatic heterocycles. The molecule has 0 spiro atoms. The minimum Gasteiger partial charge on any atom is -0.340 e. The van der Waals surface area contributed by atoms with Crippen molar-refractivity contribution in [3.05, 3.63) is 60.2 Å². The van der Waals surface area contributed by atoms with Crippen LogP contribution in [0.1, 0.15) is 12.0 Å². The summed E-state index contributed by atoms with van der Waals surface area (Å²) in [6, 6.07) is 18.2. The number of hydrogen-bond acceptors (Lipinski definition) is 4. The molecule has 2 heterocycles. The van der Waals surface area contributed by atoms with Gasteiger partial charge in [-0.15, -0.1) is 5.10 Å². The van der Waals surface area contributed by atoms with Crippen LogP contribution in [0, 0.1) is 0 Å². The number of fused-ring (bicyclic) bond motifs is 1. The van der Waals surface area contributed by atoms with Gasteiger partial charge in [-0.3, -0.25) is 9.69 Å². The Morgan fingerprint density at radius 3 is 2.62 bits per heavy atom. The van der Waals surface area contributed by atoms with E-state index >= 15 is 0 Å². The van der Waals surface area contributed by atoms with E-state index in [0.29, 0.717) is 0 Å². The molecule has 6 heteroatoms. The molecule has 0 saturated carbocycles. The van der Waals surface area contributed by atoms with Gasteiger partial charge in [0, 0.05) is 32.7 Å². The summed E-state index contributed by atoms with van der Waals surface area (Å²) in [5.74, 6) is 0.113. The van der Waals surface area contributed by atoms with Crippen LogP contribution in [0.4, 0.5) is 0 Å². The Bertz CT molecular complexity index is 876. The Hall–Kier alpha value is -2.73. The van der Waals surface area contributed by atoms with Crippen molar-refractivity contribution in [3.63, 3.8) is 0 Å². The Kier molecular flexibility index (Phi) is 4.93. The van der Waals surface area contributed by atoms with Gasteiger partial charge in [0.25, 0.3) is 0 Å². The lowest BCUT2D eigenvalue weighted by molar-refractivity contribution is -0.131. The maximum Gasteiger partial charge on any atom is 0.244 e. The van der Waals surface area contributed by atoms with E-state index in [9.17, 15) is 4.79 Å². The van der Waals surface area contributed by atoms with Crippen molar-refractivity contribution in [1.82, 2.24) is 24.8 Å². The van der Waals surface area contributed by atoms with Crippen LogP contribution in [0.25, 0.3) is 11.0 Å². The van der Waals surface area contributed by atoms with Crippen molar-refractivity contribution >= 4 is 16.9 Å². The summed E-state index contributed by atoms with van der Waals surface area (Å²) < 4.78 is 1.70. The van der Waals surface area contributed by atoms with E-state index in [-0.39, 0.29) is 12.5 Å². The summed E-state index contributed by atoms with van der Waals surface area (Å²) in [5.41, 5.74) is 3.05. The van der Waals surface area contributed by atoms with Crippen LogP contribution in [0.5, 0.6) is 0 Å². The predicted molar refractivity (Wildman–Crippen MR) is 100 cm³/mol. The van der Waals surface area contributed by atoms with E-state index in [1.165, 1.54) is 5.56 Å². The van der Waals surface area contributed by atoms with Gasteiger partial charge in [-0.25, -0.2) is 4.68 Å². The normalized spacial score (nSPS) is 15.9. The Balaban J connectivity index is 1.37. The number of para-hydroxylation sites is 1. The Morgan fingerprint density at radius 2 is 1.73 bits per heavy atom. The monoisotopic (exact) mass is 349 g/mol. The maximum atomic E-state index is 12.7. The number of carbonyl (C=O) groups is 1. The molecule has 3 aromatic rings. The molecular formula is C20H23N5O. The highest BCUT2D eigenvalue weighted by Gasteiger charge is 2.20. The molecule has 2 aromatic carbocycles. The third-order valence-electron chi connectivity index (χ3n) is 4.90. The number of amides is 1. The van der Waals surface area contributed by atoms with Crippen molar-refractivity contribution in [2.24, 2.45) is 0 Å². The van der Waals surface area contributed by atoms with Crippen LogP contribution in [0.15, 0.2) is 54.6 Å². The average Bonchev–Trinajstić information content (AvgIpc) is 2.92. The second kappa shape index (κ2) is 7.66. The third kappa shape index (κ3) is 3.75. The molecule has 26 heavy (non-hydrogen) atoms. The smallest absolute Gasteiger partial charge is 0.244 e. The molecule has 0 unspecified atom stereocenters. The number of nitrogens with zero attached hydrogens (tertiary/aromatic N) is 5. The van der Waals surface area contributed by atoms with E-state index in [1.54, 1.807) is 4.68 Å². The zero-order valence-electron chi connectivity index (χ0n) is 14.8. The topological polar surface area (TPSA) is 54.3 Å². The van der Waals surface area contributed by atoms with Gasteiger partial charge in [-0.05, 0) is 24.1 Å². The van der Waals surface area contributed by atoms with Gasteiger partial charge < -0.3 is 4.90 Å². The first-order valence-corrected chi connectivity index (χ1v) is 9.12.